The standard InChI is InChI=1S/C12H8BrClN2O2/c13-9-6-15-16(7-9)11-3-2-10(14)5-8(11)1-4-12(17)18/h1-7H,(H,17,18)/b4-1+. The first-order valence-corrected chi connectivity index (χ1v) is 6.14. The molecule has 2 rings (SSSR count). The number of aliphatic carboxylic acids is 1. The molecule has 1 aromatic carbocycles. The number of rotatable bonds is 3. The Morgan fingerprint density at radius 3 is 2.89 bits per heavy atom. The Morgan fingerprint density at radius 2 is 2.28 bits per heavy atom. The van der Waals surface area contributed by atoms with Gasteiger partial charge in [-0.25, -0.2) is 9.48 Å². The first kappa shape index (κ1) is 12.9. The fourth-order valence-corrected chi connectivity index (χ4v) is 1.93. The molecule has 0 bridgehead atoms. The molecule has 0 fully saturated rings. The highest BCUT2D eigenvalue weighted by molar-refractivity contribution is 9.10. The minimum absolute atomic E-state index is 0.537. The summed E-state index contributed by atoms with van der Waals surface area (Å²) in [6, 6.07) is 5.19. The van der Waals surface area contributed by atoms with E-state index in [-0.39, 0.29) is 0 Å². The van der Waals surface area contributed by atoms with Crippen molar-refractivity contribution in [3.63, 3.8) is 0 Å². The topological polar surface area (TPSA) is 55.1 Å². The van der Waals surface area contributed by atoms with Gasteiger partial charge in [0.15, 0.2) is 0 Å². The molecule has 0 atom stereocenters. The van der Waals surface area contributed by atoms with Crippen molar-refractivity contribution in [3.8, 4) is 5.69 Å². The molecule has 0 amide bonds. The van der Waals surface area contributed by atoms with Crippen LogP contribution in [0.15, 0.2) is 41.1 Å². The highest BCUT2D eigenvalue weighted by atomic mass is 79.9. The lowest BCUT2D eigenvalue weighted by Crippen LogP contribution is -1.97. The molecule has 0 radical (unpaired) electrons. The van der Waals surface area contributed by atoms with E-state index >= 15 is 0 Å². The highest BCUT2D eigenvalue weighted by Gasteiger charge is 2.05. The molecule has 1 N–H and O–H groups in total. The van der Waals surface area contributed by atoms with Crippen molar-refractivity contribution in [2.45, 2.75) is 0 Å². The third-order valence-electron chi connectivity index (χ3n) is 2.19. The van der Waals surface area contributed by atoms with Gasteiger partial charge in [0.05, 0.1) is 16.4 Å². The second-order valence-corrected chi connectivity index (χ2v) is 4.83. The van der Waals surface area contributed by atoms with E-state index in [1.807, 2.05) is 0 Å². The Labute approximate surface area is 117 Å². The van der Waals surface area contributed by atoms with E-state index in [1.165, 1.54) is 6.08 Å². The molecule has 1 aromatic heterocycles. The smallest absolute Gasteiger partial charge is 0.328 e. The summed E-state index contributed by atoms with van der Waals surface area (Å²) in [6.07, 6.45) is 5.98. The van der Waals surface area contributed by atoms with Crippen LogP contribution in [0, 0.1) is 0 Å². The van der Waals surface area contributed by atoms with Gasteiger partial charge in [0, 0.05) is 22.9 Å². The number of carboxylic acid groups (broad SMARTS) is 1. The molecular weight excluding hydrogens is 320 g/mol. The maximum Gasteiger partial charge on any atom is 0.328 e. The third kappa shape index (κ3) is 3.00. The van der Waals surface area contributed by atoms with Crippen LogP contribution in [0.5, 0.6) is 0 Å². The molecule has 0 saturated carbocycles. The van der Waals surface area contributed by atoms with Crippen LogP contribution < -0.4 is 0 Å². The summed E-state index contributed by atoms with van der Waals surface area (Å²) >= 11 is 9.21. The predicted octanol–water partition coefficient (Wildman–Crippen LogP) is 3.39. The zero-order chi connectivity index (χ0) is 13.1. The number of hydrogen-bond acceptors (Lipinski definition) is 2. The Balaban J connectivity index is 2.50. The van der Waals surface area contributed by atoms with Crippen molar-refractivity contribution >= 4 is 39.6 Å². The number of halogens is 2. The zero-order valence-electron chi connectivity index (χ0n) is 9.05. The van der Waals surface area contributed by atoms with E-state index in [2.05, 4.69) is 21.0 Å². The summed E-state index contributed by atoms with van der Waals surface area (Å²) in [5.41, 5.74) is 1.43. The molecule has 0 saturated heterocycles. The van der Waals surface area contributed by atoms with Gasteiger partial charge in [-0.2, -0.15) is 5.10 Å². The Morgan fingerprint density at radius 1 is 1.50 bits per heavy atom. The predicted molar refractivity (Wildman–Crippen MR) is 72.9 cm³/mol. The summed E-state index contributed by atoms with van der Waals surface area (Å²) in [6.45, 7) is 0. The lowest BCUT2D eigenvalue weighted by molar-refractivity contribution is -0.131. The molecule has 0 aliphatic carbocycles. The van der Waals surface area contributed by atoms with Gasteiger partial charge in [0.25, 0.3) is 0 Å². The summed E-state index contributed by atoms with van der Waals surface area (Å²) in [4.78, 5) is 10.6. The van der Waals surface area contributed by atoms with E-state index in [1.54, 1.807) is 35.3 Å². The van der Waals surface area contributed by atoms with Gasteiger partial charge >= 0.3 is 5.97 Å². The summed E-state index contributed by atoms with van der Waals surface area (Å²) in [7, 11) is 0. The second-order valence-electron chi connectivity index (χ2n) is 3.48. The third-order valence-corrected chi connectivity index (χ3v) is 2.84. The largest absolute Gasteiger partial charge is 0.478 e. The average Bonchev–Trinajstić information content (AvgIpc) is 2.73. The highest BCUT2D eigenvalue weighted by Crippen LogP contribution is 2.22. The van der Waals surface area contributed by atoms with Crippen molar-refractivity contribution in [2.75, 3.05) is 0 Å². The number of carboxylic acids is 1. The SMILES string of the molecule is O=C(O)/C=C/c1cc(Cl)ccc1-n1cc(Br)cn1. The Kier molecular flexibility index (Phi) is 3.84. The Hall–Kier alpha value is -1.59. The maximum atomic E-state index is 10.6. The van der Waals surface area contributed by atoms with Crippen molar-refractivity contribution < 1.29 is 9.90 Å². The van der Waals surface area contributed by atoms with Crippen molar-refractivity contribution in [3.05, 3.63) is 51.7 Å². The first-order valence-electron chi connectivity index (χ1n) is 4.97. The molecule has 1 heterocycles. The van der Waals surface area contributed by atoms with E-state index < -0.39 is 5.97 Å². The van der Waals surface area contributed by atoms with Crippen LogP contribution >= 0.6 is 27.5 Å². The summed E-state index contributed by atoms with van der Waals surface area (Å²) in [5, 5.41) is 13.3. The quantitative estimate of drug-likeness (QED) is 0.879. The zero-order valence-corrected chi connectivity index (χ0v) is 11.4. The van der Waals surface area contributed by atoms with Gasteiger partial charge in [-0.15, -0.1) is 0 Å². The van der Waals surface area contributed by atoms with Gasteiger partial charge in [0.2, 0.25) is 0 Å². The van der Waals surface area contributed by atoms with Crippen LogP contribution in [-0.4, -0.2) is 20.9 Å². The van der Waals surface area contributed by atoms with Crippen LogP contribution in [0.1, 0.15) is 5.56 Å². The maximum absolute atomic E-state index is 10.6. The second kappa shape index (κ2) is 5.37. The molecular formula is C12H8BrClN2O2. The molecule has 2 aromatic rings. The van der Waals surface area contributed by atoms with Crippen LogP contribution in [0.4, 0.5) is 0 Å². The minimum atomic E-state index is -1.01. The van der Waals surface area contributed by atoms with E-state index in [9.17, 15) is 4.79 Å². The van der Waals surface area contributed by atoms with E-state index in [4.69, 9.17) is 16.7 Å². The van der Waals surface area contributed by atoms with E-state index in [0.717, 1.165) is 16.2 Å². The average molecular weight is 328 g/mol. The van der Waals surface area contributed by atoms with Crippen LogP contribution in [0.2, 0.25) is 5.02 Å². The summed E-state index contributed by atoms with van der Waals surface area (Å²) < 4.78 is 2.48. The normalized spacial score (nSPS) is 11.0. The molecule has 6 heteroatoms. The van der Waals surface area contributed by atoms with Crippen molar-refractivity contribution in [2.24, 2.45) is 0 Å². The lowest BCUT2D eigenvalue weighted by Gasteiger charge is -2.06. The molecule has 92 valence electrons. The number of nitrogens with zero attached hydrogens (tertiary/aromatic N) is 2. The molecule has 18 heavy (non-hydrogen) atoms. The molecule has 0 aliphatic heterocycles. The summed E-state index contributed by atoms with van der Waals surface area (Å²) in [5.74, 6) is -1.01. The van der Waals surface area contributed by atoms with Gasteiger partial charge in [0.1, 0.15) is 0 Å². The molecule has 4 nitrogen and oxygen atoms in total. The number of benzene rings is 1. The van der Waals surface area contributed by atoms with Crippen LogP contribution in [0.3, 0.4) is 0 Å². The van der Waals surface area contributed by atoms with Gasteiger partial charge in [-0.3, -0.25) is 0 Å². The molecule has 0 spiro atoms. The minimum Gasteiger partial charge on any atom is -0.478 e. The van der Waals surface area contributed by atoms with Crippen LogP contribution in [0.25, 0.3) is 11.8 Å². The first-order chi connectivity index (χ1) is 8.56. The van der Waals surface area contributed by atoms with Gasteiger partial charge in [-0.1, -0.05) is 11.6 Å². The molecule has 0 unspecified atom stereocenters. The molecule has 0 aliphatic rings. The number of carbonyl (C=O) groups is 1. The van der Waals surface area contributed by atoms with Crippen molar-refractivity contribution in [1.29, 1.82) is 0 Å². The van der Waals surface area contributed by atoms with Gasteiger partial charge < -0.3 is 5.11 Å². The lowest BCUT2D eigenvalue weighted by atomic mass is 10.1. The van der Waals surface area contributed by atoms with E-state index in [0.29, 0.717) is 10.6 Å². The van der Waals surface area contributed by atoms with Gasteiger partial charge in [-0.05, 0) is 40.2 Å². The van der Waals surface area contributed by atoms with Crippen LogP contribution in [-0.2, 0) is 4.79 Å². The monoisotopic (exact) mass is 326 g/mol. The Bertz CT molecular complexity index is 622. The number of hydrogen-bond donors (Lipinski definition) is 1. The fraction of sp³-hybridized carbons (Fsp3) is 0. The van der Waals surface area contributed by atoms with Crippen molar-refractivity contribution in [1.82, 2.24) is 9.78 Å². The number of aromatic nitrogens is 2. The fourth-order valence-electron chi connectivity index (χ4n) is 1.46.